The van der Waals surface area contributed by atoms with Crippen molar-refractivity contribution in [1.82, 2.24) is 4.31 Å². The van der Waals surface area contributed by atoms with Crippen LogP contribution in [0.1, 0.15) is 54.7 Å². The molecule has 1 unspecified atom stereocenters. The van der Waals surface area contributed by atoms with Crippen molar-refractivity contribution in [2.24, 2.45) is 0 Å². The van der Waals surface area contributed by atoms with Gasteiger partial charge in [-0.3, -0.25) is 9.10 Å². The van der Waals surface area contributed by atoms with Crippen LogP contribution in [0.5, 0.6) is 11.5 Å². The Labute approximate surface area is 265 Å². The molecule has 0 fully saturated rings. The van der Waals surface area contributed by atoms with Crippen LogP contribution in [-0.2, 0) is 5.54 Å². The molecule has 1 atom stereocenters. The van der Waals surface area contributed by atoms with E-state index in [4.69, 9.17) is 9.47 Å². The summed E-state index contributed by atoms with van der Waals surface area (Å²) in [6, 6.07) is 18.0. The Kier molecular flexibility index (Phi) is 7.89. The van der Waals surface area contributed by atoms with Crippen molar-refractivity contribution >= 4 is 35.3 Å². The number of carbonyl (C=O) groups excluding carboxylic acids is 1. The van der Waals surface area contributed by atoms with Gasteiger partial charge in [0.05, 0.1) is 17.5 Å². The molecule has 1 amide bonds. The Morgan fingerprint density at radius 1 is 0.844 bits per heavy atom. The van der Waals surface area contributed by atoms with Crippen molar-refractivity contribution in [3.63, 3.8) is 0 Å². The number of hydrogen-bond donors (Lipinski definition) is 0. The van der Waals surface area contributed by atoms with Crippen LogP contribution in [0.3, 0.4) is 0 Å². The minimum absolute atomic E-state index is 0.201. The molecule has 0 bridgehead atoms. The molecule has 0 aliphatic carbocycles. The first-order valence-electron chi connectivity index (χ1n) is 15.0. The van der Waals surface area contributed by atoms with E-state index in [1.807, 2.05) is 50.3 Å². The van der Waals surface area contributed by atoms with E-state index in [-0.39, 0.29) is 17.1 Å². The molecule has 10 heteroatoms. The quantitative estimate of drug-likeness (QED) is 0.232. The molecular weight excluding hydrogens is 599 g/mol. The predicted octanol–water partition coefficient (Wildman–Crippen LogP) is 8.51. The second kappa shape index (κ2) is 11.6. The number of amides is 1. The zero-order valence-corrected chi connectivity index (χ0v) is 26.4. The smallest absolute Gasteiger partial charge is 0.457 e. The molecule has 0 aromatic heterocycles. The summed E-state index contributed by atoms with van der Waals surface area (Å²) in [5.41, 5.74) is -2.15. The van der Waals surface area contributed by atoms with Gasteiger partial charge in [0.15, 0.2) is 0 Å². The number of ether oxygens (including phenoxy) is 2. The first-order chi connectivity index (χ1) is 21.5. The summed E-state index contributed by atoms with van der Waals surface area (Å²) in [6.07, 6.45) is 3.47. The molecular formula is C35H34F3N3O3S. The Morgan fingerprint density at radius 2 is 1.47 bits per heavy atom. The summed E-state index contributed by atoms with van der Waals surface area (Å²) in [7, 11) is 0. The third kappa shape index (κ3) is 5.14. The standard InChI is InChI=1S/C35H34F3N3O3S/c1-6-39(7-2)24-15-14-23-18-27(22(5)43-30(23)19-24)32-21-34(29-17-16-25(20-31(29)44-32)40(8-3)9-4)28-13-11-10-12-26(28)33(42)41(34)45-35(36,37)38/h10-21H,5-9H2,1-4H3. The van der Waals surface area contributed by atoms with E-state index in [9.17, 15) is 18.0 Å². The van der Waals surface area contributed by atoms with Gasteiger partial charge in [0.25, 0.3) is 5.91 Å². The second-order valence-electron chi connectivity index (χ2n) is 10.9. The Bertz CT molecular complexity index is 1740. The molecule has 6 nitrogen and oxygen atoms in total. The molecule has 3 aliphatic rings. The number of benzene rings is 3. The number of nitrogens with zero attached hydrogens (tertiary/aromatic N) is 3. The molecule has 45 heavy (non-hydrogen) atoms. The molecule has 0 radical (unpaired) electrons. The number of hydrogen-bond acceptors (Lipinski definition) is 6. The van der Waals surface area contributed by atoms with E-state index in [1.165, 1.54) is 0 Å². The van der Waals surface area contributed by atoms with E-state index in [1.54, 1.807) is 36.4 Å². The van der Waals surface area contributed by atoms with E-state index in [0.29, 0.717) is 28.2 Å². The van der Waals surface area contributed by atoms with Gasteiger partial charge < -0.3 is 19.3 Å². The number of anilines is 2. The van der Waals surface area contributed by atoms with E-state index < -0.39 is 28.9 Å². The molecule has 3 aliphatic heterocycles. The molecule has 0 N–H and O–H groups in total. The van der Waals surface area contributed by atoms with Gasteiger partial charge in [-0.25, -0.2) is 0 Å². The first kappa shape index (κ1) is 30.7. The topological polar surface area (TPSA) is 45.3 Å². The summed E-state index contributed by atoms with van der Waals surface area (Å²) in [4.78, 5) is 18.1. The van der Waals surface area contributed by atoms with E-state index in [0.717, 1.165) is 47.4 Å². The average Bonchev–Trinajstić information content (AvgIpc) is 3.24. The van der Waals surface area contributed by atoms with Gasteiger partial charge in [-0.05, 0) is 64.1 Å². The molecule has 3 aromatic rings. The predicted molar refractivity (Wildman–Crippen MR) is 173 cm³/mol. The number of rotatable bonds is 8. The van der Waals surface area contributed by atoms with Crippen molar-refractivity contribution in [2.45, 2.75) is 38.7 Å². The zero-order valence-electron chi connectivity index (χ0n) is 25.6. The maximum atomic E-state index is 14.2. The third-order valence-corrected chi connectivity index (χ3v) is 9.40. The van der Waals surface area contributed by atoms with Crippen molar-refractivity contribution in [2.75, 3.05) is 36.0 Å². The highest BCUT2D eigenvalue weighted by molar-refractivity contribution is 7.98. The normalized spacial score (nSPS) is 18.4. The molecule has 3 aromatic carbocycles. The van der Waals surface area contributed by atoms with Gasteiger partial charge in [-0.15, -0.1) is 0 Å². The highest BCUT2D eigenvalue weighted by atomic mass is 32.2. The zero-order chi connectivity index (χ0) is 32.1. The van der Waals surface area contributed by atoms with Gasteiger partial charge in [-0.2, -0.15) is 13.2 Å². The van der Waals surface area contributed by atoms with Crippen LogP contribution >= 0.6 is 11.9 Å². The van der Waals surface area contributed by atoms with Gasteiger partial charge in [0, 0.05) is 71.9 Å². The summed E-state index contributed by atoms with van der Waals surface area (Å²) in [5, 5.41) is 0. The number of fused-ring (bicyclic) bond motifs is 5. The van der Waals surface area contributed by atoms with Crippen LogP contribution in [0.4, 0.5) is 24.5 Å². The van der Waals surface area contributed by atoms with E-state index in [2.05, 4.69) is 30.2 Å². The molecule has 234 valence electrons. The fourth-order valence-corrected chi connectivity index (χ4v) is 7.16. The van der Waals surface area contributed by atoms with Gasteiger partial charge >= 0.3 is 5.51 Å². The van der Waals surface area contributed by atoms with Crippen LogP contribution in [0.15, 0.2) is 90.4 Å². The lowest BCUT2D eigenvalue weighted by Gasteiger charge is -2.41. The lowest BCUT2D eigenvalue weighted by atomic mass is 9.80. The molecule has 1 spiro atoms. The van der Waals surface area contributed by atoms with Crippen LogP contribution in [0, 0.1) is 0 Å². The van der Waals surface area contributed by atoms with Gasteiger partial charge in [-0.1, -0.05) is 30.8 Å². The largest absolute Gasteiger partial charge is 0.461 e. The number of alkyl halides is 3. The summed E-state index contributed by atoms with van der Waals surface area (Å²) < 4.78 is 56.1. The van der Waals surface area contributed by atoms with Crippen LogP contribution < -0.4 is 19.3 Å². The van der Waals surface area contributed by atoms with E-state index >= 15 is 0 Å². The lowest BCUT2D eigenvalue weighted by Crippen LogP contribution is -2.43. The summed E-state index contributed by atoms with van der Waals surface area (Å²) in [5.74, 6) is 0.785. The number of halogens is 3. The van der Waals surface area contributed by atoms with Crippen molar-refractivity contribution in [3.8, 4) is 11.5 Å². The Morgan fingerprint density at radius 3 is 2.11 bits per heavy atom. The molecule has 0 saturated carbocycles. The fraction of sp³-hybridized carbons (Fsp3) is 0.286. The van der Waals surface area contributed by atoms with Gasteiger partial charge in [0.2, 0.25) is 0 Å². The summed E-state index contributed by atoms with van der Waals surface area (Å²) >= 11 is -0.440. The first-order valence-corrected chi connectivity index (χ1v) is 15.8. The fourth-order valence-electron chi connectivity index (χ4n) is 6.38. The molecule has 3 heterocycles. The maximum absolute atomic E-state index is 14.2. The van der Waals surface area contributed by atoms with Gasteiger partial charge in [0.1, 0.15) is 28.6 Å². The SMILES string of the molecule is C=C1Oc2cc(N(CC)CC)ccc2C=C1C1=CC2(c3ccc(N(CC)CC)cc3O1)c1ccccc1C(=O)N2SC(F)(F)F. The minimum Gasteiger partial charge on any atom is -0.457 e. The minimum atomic E-state index is -4.73. The molecule has 6 rings (SSSR count). The highest BCUT2D eigenvalue weighted by Gasteiger charge is 2.57. The lowest BCUT2D eigenvalue weighted by molar-refractivity contribution is -0.0369. The third-order valence-electron chi connectivity index (χ3n) is 8.56. The van der Waals surface area contributed by atoms with Crippen LogP contribution in [-0.4, -0.2) is 41.9 Å². The average molecular weight is 634 g/mol. The second-order valence-corrected chi connectivity index (χ2v) is 11.9. The molecule has 0 saturated heterocycles. The number of carbonyl (C=O) groups is 1. The monoisotopic (exact) mass is 633 g/mol. The van der Waals surface area contributed by atoms with Crippen molar-refractivity contribution in [1.29, 1.82) is 0 Å². The van der Waals surface area contributed by atoms with Crippen LogP contribution in [0.2, 0.25) is 0 Å². The Balaban J connectivity index is 1.57. The Hall–Kier alpha value is -4.31. The van der Waals surface area contributed by atoms with Crippen LogP contribution in [0.25, 0.3) is 6.08 Å². The highest BCUT2D eigenvalue weighted by Crippen LogP contribution is 2.57. The van der Waals surface area contributed by atoms with Crippen molar-refractivity contribution < 1.29 is 27.4 Å². The van der Waals surface area contributed by atoms with Crippen molar-refractivity contribution in [3.05, 3.63) is 113 Å². The summed E-state index contributed by atoms with van der Waals surface area (Å²) in [6.45, 7) is 15.5. The maximum Gasteiger partial charge on any atom is 0.461 e.